The Morgan fingerprint density at radius 1 is 1.06 bits per heavy atom. The standard InChI is InChI=1S/C16H20O2/c17-16(14-8-5-11-18-12-14)10-4-3-7-13-6-1-2-9-15(13)16/h1-2,6,9,12,17H,3-5,7-8,10-11H2. The van der Waals surface area contributed by atoms with E-state index < -0.39 is 5.60 Å². The van der Waals surface area contributed by atoms with Crippen LogP contribution in [0.15, 0.2) is 36.1 Å². The molecule has 2 nitrogen and oxygen atoms in total. The molecule has 1 aliphatic carbocycles. The van der Waals surface area contributed by atoms with Crippen molar-refractivity contribution in [3.8, 4) is 0 Å². The summed E-state index contributed by atoms with van der Waals surface area (Å²) in [6.45, 7) is 0.779. The molecule has 2 aliphatic rings. The molecular weight excluding hydrogens is 224 g/mol. The molecule has 2 heteroatoms. The number of hydrogen-bond donors (Lipinski definition) is 1. The summed E-state index contributed by atoms with van der Waals surface area (Å²) in [4.78, 5) is 0. The molecule has 3 rings (SSSR count). The zero-order valence-electron chi connectivity index (χ0n) is 10.7. The smallest absolute Gasteiger partial charge is 0.114 e. The first kappa shape index (κ1) is 11.8. The molecule has 1 atom stereocenters. The highest BCUT2D eigenvalue weighted by Crippen LogP contribution is 2.42. The predicted octanol–water partition coefficient (Wildman–Crippen LogP) is 3.29. The van der Waals surface area contributed by atoms with Gasteiger partial charge in [0.2, 0.25) is 0 Å². The SMILES string of the molecule is OC1(C2=COCCC2)CCCCc2ccccc21. The quantitative estimate of drug-likeness (QED) is 0.768. The van der Waals surface area contributed by atoms with Crippen LogP contribution in [-0.4, -0.2) is 11.7 Å². The maximum absolute atomic E-state index is 11.2. The first-order chi connectivity index (χ1) is 8.81. The van der Waals surface area contributed by atoms with Crippen LogP contribution in [-0.2, 0) is 16.8 Å². The third-order valence-electron chi connectivity index (χ3n) is 4.16. The van der Waals surface area contributed by atoms with Gasteiger partial charge in [0.05, 0.1) is 12.9 Å². The van der Waals surface area contributed by atoms with Crippen LogP contribution in [0, 0.1) is 0 Å². The van der Waals surface area contributed by atoms with Crippen molar-refractivity contribution in [2.75, 3.05) is 6.61 Å². The highest BCUT2D eigenvalue weighted by Gasteiger charge is 2.37. The summed E-state index contributed by atoms with van der Waals surface area (Å²) in [5.41, 5.74) is 2.65. The van der Waals surface area contributed by atoms with Gasteiger partial charge in [-0.15, -0.1) is 0 Å². The summed E-state index contributed by atoms with van der Waals surface area (Å²) in [6, 6.07) is 8.32. The van der Waals surface area contributed by atoms with Gasteiger partial charge in [0.1, 0.15) is 5.60 Å². The molecule has 0 radical (unpaired) electrons. The van der Waals surface area contributed by atoms with Crippen LogP contribution < -0.4 is 0 Å². The maximum Gasteiger partial charge on any atom is 0.114 e. The van der Waals surface area contributed by atoms with Crippen LogP contribution in [0.3, 0.4) is 0 Å². The molecule has 0 saturated carbocycles. The fourth-order valence-corrected chi connectivity index (χ4v) is 3.17. The van der Waals surface area contributed by atoms with E-state index >= 15 is 0 Å². The summed E-state index contributed by atoms with van der Waals surface area (Å²) in [6.07, 6.45) is 7.88. The summed E-state index contributed by atoms with van der Waals surface area (Å²) < 4.78 is 5.43. The first-order valence-corrected chi connectivity index (χ1v) is 6.92. The topological polar surface area (TPSA) is 29.5 Å². The number of rotatable bonds is 1. The van der Waals surface area contributed by atoms with Gasteiger partial charge in [-0.3, -0.25) is 0 Å². The van der Waals surface area contributed by atoms with Crippen molar-refractivity contribution in [2.45, 2.75) is 44.1 Å². The van der Waals surface area contributed by atoms with Gasteiger partial charge in [-0.2, -0.15) is 0 Å². The monoisotopic (exact) mass is 244 g/mol. The van der Waals surface area contributed by atoms with Gasteiger partial charge in [0.15, 0.2) is 0 Å². The van der Waals surface area contributed by atoms with Crippen LogP contribution in [0.5, 0.6) is 0 Å². The number of fused-ring (bicyclic) bond motifs is 1. The van der Waals surface area contributed by atoms with E-state index in [1.165, 1.54) is 5.56 Å². The van der Waals surface area contributed by atoms with E-state index in [2.05, 4.69) is 18.2 Å². The molecule has 0 amide bonds. The fourth-order valence-electron chi connectivity index (χ4n) is 3.17. The Hall–Kier alpha value is -1.28. The number of ether oxygens (including phenoxy) is 1. The summed E-state index contributed by atoms with van der Waals surface area (Å²) in [7, 11) is 0. The number of hydrogen-bond acceptors (Lipinski definition) is 2. The van der Waals surface area contributed by atoms with Crippen molar-refractivity contribution < 1.29 is 9.84 Å². The second-order valence-electron chi connectivity index (χ2n) is 5.34. The molecule has 0 bridgehead atoms. The number of aryl methyl sites for hydroxylation is 1. The normalized spacial score (nSPS) is 27.7. The molecule has 1 unspecified atom stereocenters. The van der Waals surface area contributed by atoms with Crippen LogP contribution in [0.2, 0.25) is 0 Å². The van der Waals surface area contributed by atoms with Crippen molar-refractivity contribution in [1.29, 1.82) is 0 Å². The Balaban J connectivity index is 2.07. The van der Waals surface area contributed by atoms with Crippen molar-refractivity contribution in [2.24, 2.45) is 0 Å². The largest absolute Gasteiger partial charge is 0.501 e. The second-order valence-corrected chi connectivity index (χ2v) is 5.34. The van der Waals surface area contributed by atoms with Gasteiger partial charge in [0.25, 0.3) is 0 Å². The van der Waals surface area contributed by atoms with E-state index in [-0.39, 0.29) is 0 Å². The van der Waals surface area contributed by atoms with Crippen molar-refractivity contribution in [3.63, 3.8) is 0 Å². The third-order valence-corrected chi connectivity index (χ3v) is 4.16. The van der Waals surface area contributed by atoms with Crippen LogP contribution in [0.25, 0.3) is 0 Å². The van der Waals surface area contributed by atoms with Crippen LogP contribution >= 0.6 is 0 Å². The molecule has 0 fully saturated rings. The Bertz CT molecular complexity index is 464. The van der Waals surface area contributed by atoms with E-state index in [0.29, 0.717) is 0 Å². The predicted molar refractivity (Wildman–Crippen MR) is 71.2 cm³/mol. The Labute approximate surface area is 108 Å². The molecule has 1 aromatic carbocycles. The lowest BCUT2D eigenvalue weighted by molar-refractivity contribution is 0.0505. The van der Waals surface area contributed by atoms with E-state index in [1.54, 1.807) is 6.26 Å². The van der Waals surface area contributed by atoms with E-state index in [9.17, 15) is 5.11 Å². The molecule has 0 saturated heterocycles. The molecule has 0 spiro atoms. The first-order valence-electron chi connectivity index (χ1n) is 6.92. The average Bonchev–Trinajstić information content (AvgIpc) is 2.61. The Morgan fingerprint density at radius 3 is 2.78 bits per heavy atom. The average molecular weight is 244 g/mol. The minimum Gasteiger partial charge on any atom is -0.501 e. The number of aliphatic hydroxyl groups is 1. The Morgan fingerprint density at radius 2 is 1.94 bits per heavy atom. The van der Waals surface area contributed by atoms with E-state index in [0.717, 1.165) is 56.3 Å². The molecule has 1 N–H and O–H groups in total. The molecule has 18 heavy (non-hydrogen) atoms. The highest BCUT2D eigenvalue weighted by molar-refractivity contribution is 5.40. The fraction of sp³-hybridized carbons (Fsp3) is 0.500. The van der Waals surface area contributed by atoms with E-state index in [1.807, 2.05) is 6.07 Å². The van der Waals surface area contributed by atoms with Gasteiger partial charge < -0.3 is 9.84 Å². The van der Waals surface area contributed by atoms with Crippen molar-refractivity contribution >= 4 is 0 Å². The molecule has 0 aromatic heterocycles. The van der Waals surface area contributed by atoms with Crippen molar-refractivity contribution in [1.82, 2.24) is 0 Å². The van der Waals surface area contributed by atoms with Gasteiger partial charge in [0, 0.05) is 5.57 Å². The molecule has 1 aromatic rings. The Kier molecular flexibility index (Phi) is 3.13. The lowest BCUT2D eigenvalue weighted by Gasteiger charge is -2.33. The van der Waals surface area contributed by atoms with Crippen LogP contribution in [0.1, 0.15) is 43.2 Å². The van der Waals surface area contributed by atoms with Gasteiger partial charge in [-0.1, -0.05) is 24.3 Å². The van der Waals surface area contributed by atoms with E-state index in [4.69, 9.17) is 4.74 Å². The lowest BCUT2D eigenvalue weighted by Crippen LogP contribution is -2.30. The summed E-state index contributed by atoms with van der Waals surface area (Å²) >= 11 is 0. The molecular formula is C16H20O2. The molecule has 96 valence electrons. The van der Waals surface area contributed by atoms with Crippen LogP contribution in [0.4, 0.5) is 0 Å². The lowest BCUT2D eigenvalue weighted by atomic mass is 9.80. The summed E-state index contributed by atoms with van der Waals surface area (Å²) in [5.74, 6) is 0. The maximum atomic E-state index is 11.2. The minimum atomic E-state index is -0.798. The highest BCUT2D eigenvalue weighted by atomic mass is 16.5. The van der Waals surface area contributed by atoms with Gasteiger partial charge in [-0.25, -0.2) is 0 Å². The molecule has 1 heterocycles. The number of benzene rings is 1. The van der Waals surface area contributed by atoms with Gasteiger partial charge in [-0.05, 0) is 49.7 Å². The zero-order valence-corrected chi connectivity index (χ0v) is 10.7. The summed E-state index contributed by atoms with van der Waals surface area (Å²) in [5, 5.41) is 11.2. The minimum absolute atomic E-state index is 0.779. The van der Waals surface area contributed by atoms with Crippen molar-refractivity contribution in [3.05, 3.63) is 47.2 Å². The molecule has 1 aliphatic heterocycles. The van der Waals surface area contributed by atoms with Gasteiger partial charge >= 0.3 is 0 Å². The third kappa shape index (κ3) is 1.95. The zero-order chi connectivity index (χ0) is 12.4. The second kappa shape index (κ2) is 4.77.